The molecular formula is C13H17N5O. The number of rotatable bonds is 4. The van der Waals surface area contributed by atoms with Gasteiger partial charge in [0.2, 0.25) is 5.91 Å². The highest BCUT2D eigenvalue weighted by molar-refractivity contribution is 5.97. The van der Waals surface area contributed by atoms with Crippen LogP contribution in [0.1, 0.15) is 20.3 Å². The number of nitrogens with two attached hydrogens (primary N) is 1. The van der Waals surface area contributed by atoms with Gasteiger partial charge in [-0.15, -0.1) is 10.2 Å². The summed E-state index contributed by atoms with van der Waals surface area (Å²) in [4.78, 5) is 12.0. The van der Waals surface area contributed by atoms with E-state index in [1.807, 2.05) is 31.2 Å². The molecule has 0 aliphatic carbocycles. The van der Waals surface area contributed by atoms with E-state index in [0.717, 1.165) is 5.69 Å². The monoisotopic (exact) mass is 259 g/mol. The number of nitrogens with one attached hydrogen (secondary N) is 1. The third-order valence-corrected chi connectivity index (χ3v) is 3.07. The van der Waals surface area contributed by atoms with E-state index in [4.69, 9.17) is 5.73 Å². The van der Waals surface area contributed by atoms with Crippen LogP contribution < -0.4 is 11.1 Å². The van der Waals surface area contributed by atoms with Gasteiger partial charge in [0.05, 0.1) is 11.2 Å². The number of hydrogen-bond acceptors (Lipinski definition) is 4. The molecule has 0 bridgehead atoms. The summed E-state index contributed by atoms with van der Waals surface area (Å²) >= 11 is 0. The topological polar surface area (TPSA) is 85.8 Å². The second kappa shape index (κ2) is 5.19. The van der Waals surface area contributed by atoms with Crippen LogP contribution in [0.4, 0.5) is 5.69 Å². The smallest absolute Gasteiger partial charge is 0.244 e. The van der Waals surface area contributed by atoms with E-state index in [1.165, 1.54) is 0 Å². The van der Waals surface area contributed by atoms with Crippen LogP contribution in [0.15, 0.2) is 36.9 Å². The van der Waals surface area contributed by atoms with Crippen molar-refractivity contribution in [2.45, 2.75) is 25.8 Å². The third kappa shape index (κ3) is 2.97. The average Bonchev–Trinajstić information content (AvgIpc) is 2.93. The summed E-state index contributed by atoms with van der Waals surface area (Å²) in [6.07, 6.45) is 3.77. The lowest BCUT2D eigenvalue weighted by Gasteiger charge is -2.21. The summed E-state index contributed by atoms with van der Waals surface area (Å²) < 4.78 is 1.76. The number of anilines is 1. The zero-order valence-electron chi connectivity index (χ0n) is 11.0. The number of aromatic nitrogens is 3. The number of benzene rings is 1. The maximum absolute atomic E-state index is 12.0. The van der Waals surface area contributed by atoms with Crippen molar-refractivity contribution in [1.82, 2.24) is 14.8 Å². The lowest BCUT2D eigenvalue weighted by atomic mass is 9.99. The number of hydrogen-bond donors (Lipinski definition) is 2. The van der Waals surface area contributed by atoms with Crippen molar-refractivity contribution in [3.05, 3.63) is 36.9 Å². The first kappa shape index (κ1) is 13.2. The molecule has 0 fully saturated rings. The van der Waals surface area contributed by atoms with Gasteiger partial charge in [-0.25, -0.2) is 0 Å². The fourth-order valence-electron chi connectivity index (χ4n) is 1.51. The molecular weight excluding hydrogens is 242 g/mol. The van der Waals surface area contributed by atoms with Crippen LogP contribution >= 0.6 is 0 Å². The Morgan fingerprint density at radius 2 is 2.11 bits per heavy atom. The first-order chi connectivity index (χ1) is 9.03. The lowest BCUT2D eigenvalue weighted by Crippen LogP contribution is -2.47. The van der Waals surface area contributed by atoms with Crippen molar-refractivity contribution in [1.29, 1.82) is 0 Å². The van der Waals surface area contributed by atoms with Gasteiger partial charge in [-0.1, -0.05) is 13.0 Å². The summed E-state index contributed by atoms with van der Waals surface area (Å²) in [6.45, 7) is 3.60. The highest BCUT2D eigenvalue weighted by atomic mass is 16.2. The van der Waals surface area contributed by atoms with Crippen LogP contribution in [-0.2, 0) is 4.79 Å². The molecule has 0 radical (unpaired) electrons. The minimum atomic E-state index is -0.868. The maximum atomic E-state index is 12.0. The Balaban J connectivity index is 2.19. The van der Waals surface area contributed by atoms with Crippen LogP contribution in [0, 0.1) is 0 Å². The molecule has 100 valence electrons. The minimum Gasteiger partial charge on any atom is -0.324 e. The molecule has 0 aliphatic heterocycles. The SMILES string of the molecule is CCC(C)(N)C(=O)Nc1cccc(-n2cnnc2)c1. The molecule has 1 amide bonds. The van der Waals surface area contributed by atoms with Crippen LogP contribution in [0.2, 0.25) is 0 Å². The van der Waals surface area contributed by atoms with E-state index in [-0.39, 0.29) is 5.91 Å². The highest BCUT2D eigenvalue weighted by Gasteiger charge is 2.25. The Morgan fingerprint density at radius 3 is 2.74 bits per heavy atom. The molecule has 1 heterocycles. The van der Waals surface area contributed by atoms with Gasteiger partial charge in [-0.3, -0.25) is 9.36 Å². The van der Waals surface area contributed by atoms with Crippen molar-refractivity contribution in [3.63, 3.8) is 0 Å². The van der Waals surface area contributed by atoms with E-state index in [0.29, 0.717) is 12.1 Å². The quantitative estimate of drug-likeness (QED) is 0.867. The van der Waals surface area contributed by atoms with Gasteiger partial charge >= 0.3 is 0 Å². The van der Waals surface area contributed by atoms with Crippen LogP contribution in [0.3, 0.4) is 0 Å². The highest BCUT2D eigenvalue weighted by Crippen LogP contribution is 2.16. The zero-order chi connectivity index (χ0) is 13.9. The van der Waals surface area contributed by atoms with Crippen molar-refractivity contribution in [2.75, 3.05) is 5.32 Å². The summed E-state index contributed by atoms with van der Waals surface area (Å²) in [6, 6.07) is 7.41. The van der Waals surface area contributed by atoms with Crippen LogP contribution in [-0.4, -0.2) is 26.2 Å². The van der Waals surface area contributed by atoms with Crippen molar-refractivity contribution < 1.29 is 4.79 Å². The van der Waals surface area contributed by atoms with Gasteiger partial charge in [0.15, 0.2) is 0 Å². The van der Waals surface area contributed by atoms with E-state index in [2.05, 4.69) is 15.5 Å². The number of amides is 1. The van der Waals surface area contributed by atoms with Gasteiger partial charge in [0, 0.05) is 5.69 Å². The number of carbonyl (C=O) groups excluding carboxylic acids is 1. The second-order valence-electron chi connectivity index (χ2n) is 4.64. The molecule has 0 aliphatic rings. The summed E-state index contributed by atoms with van der Waals surface area (Å²) in [5.74, 6) is -0.198. The molecule has 1 aromatic carbocycles. The largest absolute Gasteiger partial charge is 0.324 e. The van der Waals surface area contributed by atoms with Crippen molar-refractivity contribution >= 4 is 11.6 Å². The van der Waals surface area contributed by atoms with Crippen molar-refractivity contribution in [3.8, 4) is 5.69 Å². The summed E-state index contributed by atoms with van der Waals surface area (Å²) in [5, 5.41) is 10.3. The Kier molecular flexibility index (Phi) is 3.62. The third-order valence-electron chi connectivity index (χ3n) is 3.07. The van der Waals surface area contributed by atoms with Gasteiger partial charge < -0.3 is 11.1 Å². The molecule has 0 spiro atoms. The van der Waals surface area contributed by atoms with Gasteiger partial charge in [0.1, 0.15) is 12.7 Å². The normalized spacial score (nSPS) is 13.8. The molecule has 0 saturated heterocycles. The predicted molar refractivity (Wildman–Crippen MR) is 72.9 cm³/mol. The molecule has 2 rings (SSSR count). The van der Waals surface area contributed by atoms with E-state index in [1.54, 1.807) is 24.1 Å². The molecule has 6 heteroatoms. The maximum Gasteiger partial charge on any atom is 0.244 e. The first-order valence-electron chi connectivity index (χ1n) is 6.08. The van der Waals surface area contributed by atoms with Crippen molar-refractivity contribution in [2.24, 2.45) is 5.73 Å². The Morgan fingerprint density at radius 1 is 1.42 bits per heavy atom. The summed E-state index contributed by atoms with van der Waals surface area (Å²) in [5.41, 5.74) is 6.60. The lowest BCUT2D eigenvalue weighted by molar-refractivity contribution is -0.120. The molecule has 19 heavy (non-hydrogen) atoms. The Bertz CT molecular complexity index is 562. The average molecular weight is 259 g/mol. The molecule has 1 unspecified atom stereocenters. The zero-order valence-corrected chi connectivity index (χ0v) is 11.0. The molecule has 0 saturated carbocycles. The predicted octanol–water partition coefficient (Wildman–Crippen LogP) is 1.33. The minimum absolute atomic E-state index is 0.198. The summed E-state index contributed by atoms with van der Waals surface area (Å²) in [7, 11) is 0. The number of nitrogens with zero attached hydrogens (tertiary/aromatic N) is 3. The van der Waals surface area contributed by atoms with E-state index >= 15 is 0 Å². The van der Waals surface area contributed by atoms with Crippen LogP contribution in [0.5, 0.6) is 0 Å². The van der Waals surface area contributed by atoms with Crippen LogP contribution in [0.25, 0.3) is 5.69 Å². The Labute approximate surface area is 111 Å². The molecule has 1 aromatic heterocycles. The fraction of sp³-hybridized carbons (Fsp3) is 0.308. The number of carbonyl (C=O) groups is 1. The molecule has 6 nitrogen and oxygen atoms in total. The van der Waals surface area contributed by atoms with E-state index in [9.17, 15) is 4.79 Å². The molecule has 1 atom stereocenters. The second-order valence-corrected chi connectivity index (χ2v) is 4.64. The van der Waals surface area contributed by atoms with Gasteiger partial charge in [0.25, 0.3) is 0 Å². The fourth-order valence-corrected chi connectivity index (χ4v) is 1.51. The first-order valence-corrected chi connectivity index (χ1v) is 6.08. The van der Waals surface area contributed by atoms with Gasteiger partial charge in [-0.2, -0.15) is 0 Å². The standard InChI is InChI=1S/C13H17N5O/c1-3-13(2,14)12(19)17-10-5-4-6-11(7-10)18-8-15-16-9-18/h4-9H,3,14H2,1-2H3,(H,17,19). The van der Waals surface area contributed by atoms with E-state index < -0.39 is 5.54 Å². The Hall–Kier alpha value is -2.21. The molecule has 3 N–H and O–H groups in total. The van der Waals surface area contributed by atoms with Gasteiger partial charge in [-0.05, 0) is 31.5 Å². The molecule has 2 aromatic rings.